The summed E-state index contributed by atoms with van der Waals surface area (Å²) in [6.45, 7) is 8.50. The van der Waals surface area contributed by atoms with Crippen molar-refractivity contribution in [1.82, 2.24) is 10.2 Å². The lowest BCUT2D eigenvalue weighted by molar-refractivity contribution is -0.130. The Kier molecular flexibility index (Phi) is 8.41. The second-order valence-electron chi connectivity index (χ2n) is 5.94. The van der Waals surface area contributed by atoms with Crippen LogP contribution in [0, 0.1) is 5.92 Å². The molecule has 5 nitrogen and oxygen atoms in total. The predicted octanol–water partition coefficient (Wildman–Crippen LogP) is 3.06. The number of carbonyl (C=O) groups excluding carboxylic acids is 1. The molecule has 0 fully saturated rings. The summed E-state index contributed by atoms with van der Waals surface area (Å²) < 4.78 is 12.1. The average molecular weight is 387 g/mol. The third kappa shape index (κ3) is 6.79. The molecule has 1 N–H and O–H groups in total. The van der Waals surface area contributed by atoms with E-state index in [-0.39, 0.29) is 12.5 Å². The van der Waals surface area contributed by atoms with Gasteiger partial charge in [0.1, 0.15) is 0 Å². The first-order chi connectivity index (χ1) is 10.8. The van der Waals surface area contributed by atoms with Crippen LogP contribution in [0.1, 0.15) is 26.3 Å². The maximum Gasteiger partial charge on any atom is 0.259 e. The van der Waals surface area contributed by atoms with Crippen LogP contribution >= 0.6 is 15.9 Å². The summed E-state index contributed by atoms with van der Waals surface area (Å²) >= 11 is 3.52. The van der Waals surface area contributed by atoms with Crippen LogP contribution in [0.4, 0.5) is 0 Å². The highest BCUT2D eigenvalue weighted by atomic mass is 79.9. The Morgan fingerprint density at radius 2 is 2.00 bits per heavy atom. The fourth-order valence-corrected chi connectivity index (χ4v) is 2.50. The summed E-state index contributed by atoms with van der Waals surface area (Å²) in [7, 11) is 3.40. The number of rotatable bonds is 9. The van der Waals surface area contributed by atoms with Gasteiger partial charge in [0.15, 0.2) is 18.1 Å². The molecule has 130 valence electrons. The molecule has 0 saturated heterocycles. The summed E-state index contributed by atoms with van der Waals surface area (Å²) in [5, 5.41) is 3.40. The monoisotopic (exact) mass is 386 g/mol. The predicted molar refractivity (Wildman–Crippen MR) is 96.0 cm³/mol. The van der Waals surface area contributed by atoms with Gasteiger partial charge >= 0.3 is 0 Å². The summed E-state index contributed by atoms with van der Waals surface area (Å²) in [4.78, 5) is 13.2. The molecular weight excluding hydrogens is 360 g/mol. The number of likely N-dealkylation sites (N-methyl/N-ethyl adjacent to an activating group) is 1. The number of benzene rings is 1. The number of ether oxygens (including phenoxy) is 2. The minimum absolute atomic E-state index is 0.0172. The van der Waals surface area contributed by atoms with E-state index in [2.05, 4.69) is 35.1 Å². The maximum atomic E-state index is 11.7. The highest BCUT2D eigenvalue weighted by molar-refractivity contribution is 9.10. The van der Waals surface area contributed by atoms with E-state index < -0.39 is 0 Å². The van der Waals surface area contributed by atoms with Crippen LogP contribution in [0.2, 0.25) is 0 Å². The largest absolute Gasteiger partial charge is 0.490 e. The molecule has 6 heteroatoms. The molecule has 0 spiro atoms. The van der Waals surface area contributed by atoms with E-state index in [0.717, 1.165) is 23.1 Å². The van der Waals surface area contributed by atoms with Gasteiger partial charge in [0.25, 0.3) is 5.91 Å². The Morgan fingerprint density at radius 1 is 1.30 bits per heavy atom. The molecule has 0 aliphatic carbocycles. The van der Waals surface area contributed by atoms with E-state index in [1.54, 1.807) is 14.1 Å². The lowest BCUT2D eigenvalue weighted by Crippen LogP contribution is -2.27. The summed E-state index contributed by atoms with van der Waals surface area (Å²) in [6, 6.07) is 3.95. The van der Waals surface area contributed by atoms with Gasteiger partial charge in [-0.25, -0.2) is 0 Å². The van der Waals surface area contributed by atoms with Crippen molar-refractivity contribution in [1.29, 1.82) is 0 Å². The summed E-state index contributed by atoms with van der Waals surface area (Å²) in [5.74, 6) is 1.72. The van der Waals surface area contributed by atoms with Crippen molar-refractivity contribution in [3.05, 3.63) is 22.2 Å². The van der Waals surface area contributed by atoms with E-state index >= 15 is 0 Å². The zero-order valence-electron chi connectivity index (χ0n) is 14.6. The minimum Gasteiger partial charge on any atom is -0.490 e. The molecule has 0 radical (unpaired) electrons. The number of hydrogen-bond donors (Lipinski definition) is 1. The second kappa shape index (κ2) is 9.78. The first-order valence-electron chi connectivity index (χ1n) is 7.84. The molecule has 1 amide bonds. The van der Waals surface area contributed by atoms with E-state index in [9.17, 15) is 4.79 Å². The van der Waals surface area contributed by atoms with Crippen LogP contribution in [0.5, 0.6) is 11.5 Å². The van der Waals surface area contributed by atoms with Crippen molar-refractivity contribution in [2.75, 3.05) is 33.9 Å². The van der Waals surface area contributed by atoms with Gasteiger partial charge in [-0.15, -0.1) is 0 Å². The third-order valence-corrected chi connectivity index (χ3v) is 3.68. The van der Waals surface area contributed by atoms with E-state index in [1.165, 1.54) is 4.90 Å². The number of amides is 1. The Bertz CT molecular complexity index is 519. The quantitative estimate of drug-likeness (QED) is 0.708. The van der Waals surface area contributed by atoms with Crippen molar-refractivity contribution in [3.63, 3.8) is 0 Å². The molecule has 23 heavy (non-hydrogen) atoms. The van der Waals surface area contributed by atoms with E-state index in [4.69, 9.17) is 9.47 Å². The Morgan fingerprint density at radius 3 is 2.57 bits per heavy atom. The normalized spacial score (nSPS) is 10.7. The van der Waals surface area contributed by atoms with Gasteiger partial charge in [-0.3, -0.25) is 4.79 Å². The van der Waals surface area contributed by atoms with Crippen molar-refractivity contribution in [2.45, 2.75) is 27.3 Å². The molecule has 1 aromatic rings. The summed E-state index contributed by atoms with van der Waals surface area (Å²) in [5.41, 5.74) is 1.10. The van der Waals surface area contributed by atoms with Crippen molar-refractivity contribution in [2.24, 2.45) is 5.92 Å². The molecule has 0 aliphatic heterocycles. The number of nitrogens with one attached hydrogen (secondary N) is 1. The number of carbonyl (C=O) groups is 1. The molecule has 0 saturated carbocycles. The zero-order chi connectivity index (χ0) is 17.4. The lowest BCUT2D eigenvalue weighted by Gasteiger charge is -2.17. The van der Waals surface area contributed by atoms with Crippen LogP contribution in [-0.2, 0) is 11.3 Å². The summed E-state index contributed by atoms with van der Waals surface area (Å²) in [6.07, 6.45) is 0. The fraction of sp³-hybridized carbons (Fsp3) is 0.588. The van der Waals surface area contributed by atoms with Gasteiger partial charge in [0.2, 0.25) is 0 Å². The smallest absolute Gasteiger partial charge is 0.259 e. The van der Waals surface area contributed by atoms with Crippen LogP contribution in [-0.4, -0.2) is 44.7 Å². The van der Waals surface area contributed by atoms with Gasteiger partial charge in [-0.05, 0) is 53.0 Å². The first kappa shape index (κ1) is 19.8. The SMILES string of the molecule is CCOc1cc(CNCC(C)C)cc(Br)c1OCC(=O)N(C)C. The average Bonchev–Trinajstić information content (AvgIpc) is 2.45. The van der Waals surface area contributed by atoms with Gasteiger partial charge in [0, 0.05) is 20.6 Å². The first-order valence-corrected chi connectivity index (χ1v) is 8.63. The molecule has 0 aliphatic rings. The molecule has 0 bridgehead atoms. The van der Waals surface area contributed by atoms with Crippen LogP contribution in [0.15, 0.2) is 16.6 Å². The van der Waals surface area contributed by atoms with Crippen LogP contribution in [0.25, 0.3) is 0 Å². The second-order valence-corrected chi connectivity index (χ2v) is 6.79. The van der Waals surface area contributed by atoms with E-state index in [0.29, 0.717) is 24.0 Å². The molecule has 1 aromatic carbocycles. The zero-order valence-corrected chi connectivity index (χ0v) is 16.2. The number of nitrogens with zero attached hydrogens (tertiary/aromatic N) is 1. The minimum atomic E-state index is -0.0953. The highest BCUT2D eigenvalue weighted by Gasteiger charge is 2.14. The molecule has 0 unspecified atom stereocenters. The Balaban J connectivity index is 2.86. The van der Waals surface area contributed by atoms with Crippen molar-refractivity contribution >= 4 is 21.8 Å². The molecule has 0 heterocycles. The third-order valence-electron chi connectivity index (χ3n) is 3.09. The molecule has 1 rings (SSSR count). The van der Waals surface area contributed by atoms with Crippen molar-refractivity contribution in [3.8, 4) is 11.5 Å². The van der Waals surface area contributed by atoms with Crippen LogP contribution in [0.3, 0.4) is 0 Å². The fourth-order valence-electron chi connectivity index (χ4n) is 1.89. The number of hydrogen-bond acceptors (Lipinski definition) is 4. The van der Waals surface area contributed by atoms with Gasteiger partial charge < -0.3 is 19.7 Å². The van der Waals surface area contributed by atoms with E-state index in [1.807, 2.05) is 19.1 Å². The maximum absolute atomic E-state index is 11.7. The number of halogens is 1. The van der Waals surface area contributed by atoms with Gasteiger partial charge in [-0.1, -0.05) is 13.8 Å². The molecule has 0 atom stereocenters. The lowest BCUT2D eigenvalue weighted by atomic mass is 10.1. The van der Waals surface area contributed by atoms with Gasteiger partial charge in [-0.2, -0.15) is 0 Å². The Hall–Kier alpha value is -1.27. The highest BCUT2D eigenvalue weighted by Crippen LogP contribution is 2.37. The van der Waals surface area contributed by atoms with Crippen LogP contribution < -0.4 is 14.8 Å². The molecule has 0 aromatic heterocycles. The standard InChI is InChI=1S/C17H27BrN2O3/c1-6-22-15-8-13(10-19-9-12(2)3)7-14(18)17(15)23-11-16(21)20(4)5/h7-8,12,19H,6,9-11H2,1-5H3. The van der Waals surface area contributed by atoms with Gasteiger partial charge in [0.05, 0.1) is 11.1 Å². The van der Waals surface area contributed by atoms with Crippen molar-refractivity contribution < 1.29 is 14.3 Å². The topological polar surface area (TPSA) is 50.8 Å². The molecular formula is C17H27BrN2O3. The Labute approximate surface area is 147 Å².